The number of carbonyl (C=O) groups is 2. The van der Waals surface area contributed by atoms with E-state index in [0.717, 1.165) is 5.56 Å². The average Bonchev–Trinajstić information content (AvgIpc) is 2.84. The van der Waals surface area contributed by atoms with Gasteiger partial charge in [-0.25, -0.2) is 10.4 Å². The topological polar surface area (TPSA) is 116 Å². The molecule has 0 saturated carbocycles. The van der Waals surface area contributed by atoms with Gasteiger partial charge in [-0.15, -0.1) is 0 Å². The molecule has 2 heterocycles. The van der Waals surface area contributed by atoms with Gasteiger partial charge in [0.05, 0.1) is 10.7 Å². The Morgan fingerprint density at radius 2 is 1.76 bits per heavy atom. The monoisotopic (exact) mass is 461 g/mol. The number of pyridine rings is 1. The van der Waals surface area contributed by atoms with Gasteiger partial charge in [-0.3, -0.25) is 25.0 Å². The number of nitrogens with zero attached hydrogens (tertiary/aromatic N) is 3. The van der Waals surface area contributed by atoms with Gasteiger partial charge < -0.3 is 5.11 Å². The highest BCUT2D eigenvalue weighted by atomic mass is 35.5. The third kappa shape index (κ3) is 5.56. The normalized spacial score (nSPS) is 18.0. The van der Waals surface area contributed by atoms with Crippen molar-refractivity contribution in [3.63, 3.8) is 0 Å². The molecule has 0 fully saturated rings. The molecule has 0 saturated heterocycles. The second-order valence-electron chi connectivity index (χ2n) is 7.25. The number of aliphatic hydroxyl groups is 1. The van der Waals surface area contributed by atoms with Crippen LogP contribution in [-0.4, -0.2) is 40.1 Å². The second kappa shape index (κ2) is 10.3. The second-order valence-corrected chi connectivity index (χ2v) is 7.69. The highest BCUT2D eigenvalue weighted by Crippen LogP contribution is 2.12. The van der Waals surface area contributed by atoms with Crippen molar-refractivity contribution in [3.8, 4) is 0 Å². The van der Waals surface area contributed by atoms with Crippen molar-refractivity contribution in [3.05, 3.63) is 106 Å². The van der Waals surface area contributed by atoms with Crippen molar-refractivity contribution in [1.29, 1.82) is 0 Å². The Morgan fingerprint density at radius 3 is 2.52 bits per heavy atom. The number of hydrogen-bond acceptors (Lipinski definition) is 7. The summed E-state index contributed by atoms with van der Waals surface area (Å²) in [7, 11) is 0. The van der Waals surface area contributed by atoms with Gasteiger partial charge in [-0.1, -0.05) is 48.0 Å². The zero-order valence-electron chi connectivity index (χ0n) is 17.3. The van der Waals surface area contributed by atoms with Crippen LogP contribution in [0.3, 0.4) is 0 Å². The number of carbonyl (C=O) groups excluding carboxylic acids is 2. The van der Waals surface area contributed by atoms with E-state index in [1.165, 1.54) is 30.6 Å². The van der Waals surface area contributed by atoms with E-state index in [1.807, 2.05) is 30.3 Å². The van der Waals surface area contributed by atoms with Crippen LogP contribution < -0.4 is 21.6 Å². The van der Waals surface area contributed by atoms with Crippen molar-refractivity contribution < 1.29 is 14.7 Å². The van der Waals surface area contributed by atoms with E-state index in [-0.39, 0.29) is 0 Å². The van der Waals surface area contributed by atoms with Crippen LogP contribution in [0.15, 0.2) is 89.1 Å². The first-order valence-corrected chi connectivity index (χ1v) is 10.5. The maximum absolute atomic E-state index is 13.1. The molecule has 33 heavy (non-hydrogen) atoms. The van der Waals surface area contributed by atoms with Gasteiger partial charge in [0.15, 0.2) is 12.0 Å². The van der Waals surface area contributed by atoms with Crippen LogP contribution >= 0.6 is 11.6 Å². The van der Waals surface area contributed by atoms with Crippen molar-refractivity contribution in [2.24, 2.45) is 9.98 Å². The van der Waals surface area contributed by atoms with E-state index in [4.69, 9.17) is 11.6 Å². The van der Waals surface area contributed by atoms with Crippen molar-refractivity contribution in [1.82, 2.24) is 15.8 Å². The minimum atomic E-state index is -1.32. The molecule has 1 amide bonds. The van der Waals surface area contributed by atoms with E-state index in [0.29, 0.717) is 21.3 Å². The standard InChI is InChI=1S/C24H20ClN5O3/c25-17-7-8-18-19(14-17)28-24(33)22(27-18)21(20(31)9-6-15-4-2-1-3-5-15)29-30-23(32)16-10-12-26-13-11-16/h1-14,21-22,24,29,33H,(H,30,32). The summed E-state index contributed by atoms with van der Waals surface area (Å²) in [5.74, 6) is -0.856. The molecule has 0 radical (unpaired) electrons. The quantitative estimate of drug-likeness (QED) is 0.362. The van der Waals surface area contributed by atoms with E-state index in [1.54, 1.807) is 24.3 Å². The van der Waals surface area contributed by atoms with Gasteiger partial charge >= 0.3 is 0 Å². The Labute approximate surface area is 194 Å². The molecule has 1 aliphatic heterocycles. The predicted octanol–water partition coefficient (Wildman–Crippen LogP) is 1.26. The number of aliphatic hydroxyl groups excluding tert-OH is 1. The molecule has 0 aliphatic carbocycles. The molecular formula is C24H20ClN5O3. The zero-order chi connectivity index (χ0) is 23.2. The summed E-state index contributed by atoms with van der Waals surface area (Å²) >= 11 is 6.01. The number of ketones is 1. The van der Waals surface area contributed by atoms with E-state index in [9.17, 15) is 14.7 Å². The molecule has 1 aromatic heterocycles. The summed E-state index contributed by atoms with van der Waals surface area (Å²) in [6.07, 6.45) is 4.69. The van der Waals surface area contributed by atoms with Gasteiger partial charge in [0.25, 0.3) is 5.91 Å². The van der Waals surface area contributed by atoms with Crippen LogP contribution in [0, 0.1) is 0 Å². The third-order valence-electron chi connectivity index (χ3n) is 4.97. The lowest BCUT2D eigenvalue weighted by Gasteiger charge is -2.27. The van der Waals surface area contributed by atoms with E-state index in [2.05, 4.69) is 25.8 Å². The van der Waals surface area contributed by atoms with E-state index < -0.39 is 30.0 Å². The molecule has 0 bridgehead atoms. The molecule has 1 aliphatic rings. The fraction of sp³-hybridized carbons (Fsp3) is 0.125. The Kier molecular flexibility index (Phi) is 6.99. The minimum absolute atomic E-state index is 0.356. The van der Waals surface area contributed by atoms with Gasteiger partial charge in [-0.05, 0) is 42.0 Å². The molecule has 4 rings (SSSR count). The lowest BCUT2D eigenvalue weighted by atomic mass is 10.0. The molecule has 9 heteroatoms. The number of aromatic nitrogens is 1. The fourth-order valence-electron chi connectivity index (χ4n) is 3.29. The summed E-state index contributed by atoms with van der Waals surface area (Å²) in [4.78, 5) is 38.3. The average molecular weight is 462 g/mol. The Morgan fingerprint density at radius 1 is 1.00 bits per heavy atom. The molecular weight excluding hydrogens is 442 g/mol. The first-order chi connectivity index (χ1) is 16.0. The maximum Gasteiger partial charge on any atom is 0.265 e. The number of hydrogen-bond donors (Lipinski definition) is 3. The summed E-state index contributed by atoms with van der Waals surface area (Å²) in [6.45, 7) is 0. The van der Waals surface area contributed by atoms with Crippen molar-refractivity contribution in [2.75, 3.05) is 0 Å². The number of rotatable bonds is 7. The molecule has 3 aromatic rings. The maximum atomic E-state index is 13.1. The molecule has 3 N–H and O–H groups in total. The van der Waals surface area contributed by atoms with Crippen LogP contribution in [0.25, 0.3) is 6.08 Å². The smallest absolute Gasteiger partial charge is 0.265 e. The van der Waals surface area contributed by atoms with Crippen LogP contribution in [0.4, 0.5) is 0 Å². The highest BCUT2D eigenvalue weighted by Gasteiger charge is 2.34. The number of halogens is 1. The first-order valence-electron chi connectivity index (χ1n) is 10.1. The lowest BCUT2D eigenvalue weighted by Crippen LogP contribution is -2.57. The lowest BCUT2D eigenvalue weighted by molar-refractivity contribution is -0.117. The molecule has 8 nitrogen and oxygen atoms in total. The predicted molar refractivity (Wildman–Crippen MR) is 123 cm³/mol. The number of benzene rings is 2. The van der Waals surface area contributed by atoms with Crippen molar-refractivity contribution in [2.45, 2.75) is 18.3 Å². The van der Waals surface area contributed by atoms with Crippen molar-refractivity contribution >= 4 is 29.4 Å². The van der Waals surface area contributed by atoms with Gasteiger partial charge in [0.2, 0.25) is 0 Å². The third-order valence-corrected chi connectivity index (χ3v) is 5.21. The molecule has 3 unspecified atom stereocenters. The van der Waals surface area contributed by atoms with Crippen LogP contribution in [0.2, 0.25) is 5.02 Å². The molecule has 0 spiro atoms. The van der Waals surface area contributed by atoms with Gasteiger partial charge in [0.1, 0.15) is 12.1 Å². The first kappa shape index (κ1) is 22.5. The Hall–Kier alpha value is -3.72. The fourth-order valence-corrected chi connectivity index (χ4v) is 3.46. The Bertz CT molecular complexity index is 1300. The number of fused-ring (bicyclic) bond motifs is 1. The SMILES string of the molecule is O=C(NNC(C(=O)C=Cc1ccccc1)C1N=c2ccc(Cl)cc2=NC1O)c1ccncc1. The summed E-state index contributed by atoms with van der Waals surface area (Å²) in [6, 6.07) is 15.2. The number of amides is 1. The molecule has 166 valence electrons. The minimum Gasteiger partial charge on any atom is -0.370 e. The Balaban J connectivity index is 1.61. The highest BCUT2D eigenvalue weighted by molar-refractivity contribution is 6.30. The van der Waals surface area contributed by atoms with Gasteiger partial charge in [-0.2, -0.15) is 0 Å². The molecule has 3 atom stereocenters. The zero-order valence-corrected chi connectivity index (χ0v) is 18.1. The summed E-state index contributed by atoms with van der Waals surface area (Å²) < 4.78 is 0. The van der Waals surface area contributed by atoms with Crippen LogP contribution in [-0.2, 0) is 4.79 Å². The largest absolute Gasteiger partial charge is 0.370 e. The summed E-state index contributed by atoms with van der Waals surface area (Å²) in [5, 5.41) is 12.0. The van der Waals surface area contributed by atoms with Gasteiger partial charge in [0, 0.05) is 23.0 Å². The summed E-state index contributed by atoms with van der Waals surface area (Å²) in [5.41, 5.74) is 6.45. The number of nitrogens with one attached hydrogen (secondary N) is 2. The van der Waals surface area contributed by atoms with Crippen LogP contribution in [0.1, 0.15) is 15.9 Å². The molecule has 2 aromatic carbocycles. The van der Waals surface area contributed by atoms with E-state index >= 15 is 0 Å². The number of hydrazine groups is 1. The van der Waals surface area contributed by atoms with Crippen LogP contribution in [0.5, 0.6) is 0 Å².